The van der Waals surface area contributed by atoms with Gasteiger partial charge in [0, 0.05) is 38.9 Å². The highest BCUT2D eigenvalue weighted by Gasteiger charge is 2.13. The van der Waals surface area contributed by atoms with Crippen LogP contribution in [0, 0.1) is 13.8 Å². The topological polar surface area (TPSA) is 7.12 Å². The van der Waals surface area contributed by atoms with Crippen LogP contribution in [0.15, 0.2) is 109 Å². The number of rotatable bonds is 10. The van der Waals surface area contributed by atoms with Crippen LogP contribution in [-0.2, 0) is 6.54 Å². The van der Waals surface area contributed by atoms with Gasteiger partial charge in [-0.2, -0.15) is 0 Å². The third-order valence-electron chi connectivity index (χ3n) is 7.22. The number of aryl methyl sites for hydroxylation is 3. The molecule has 41 heavy (non-hydrogen) atoms. The van der Waals surface area contributed by atoms with E-state index >= 15 is 0 Å². The van der Waals surface area contributed by atoms with Crippen LogP contribution in [0.1, 0.15) is 28.0 Å². The molecule has 0 aliphatic rings. The number of anilines is 3. The molecule has 0 radical (unpaired) electrons. The van der Waals surface area contributed by atoms with Gasteiger partial charge in [0.2, 0.25) is 0 Å². The summed E-state index contributed by atoms with van der Waals surface area (Å²) >= 11 is 1.82. The van der Waals surface area contributed by atoms with Gasteiger partial charge >= 0.3 is 0 Å². The highest BCUT2D eigenvalue weighted by molar-refractivity contribution is 7.16. The number of quaternary nitrogens is 1. The van der Waals surface area contributed by atoms with Crippen molar-refractivity contribution in [1.82, 2.24) is 0 Å². The average molecular weight is 560 g/mol. The van der Waals surface area contributed by atoms with Gasteiger partial charge in [-0.15, -0.1) is 11.3 Å². The van der Waals surface area contributed by atoms with E-state index in [2.05, 4.69) is 166 Å². The molecule has 0 spiro atoms. The maximum absolute atomic E-state index is 2.32. The van der Waals surface area contributed by atoms with Crippen LogP contribution in [0.25, 0.3) is 22.6 Å². The van der Waals surface area contributed by atoms with Crippen molar-refractivity contribution in [3.63, 3.8) is 0 Å². The first-order chi connectivity index (χ1) is 19.7. The summed E-state index contributed by atoms with van der Waals surface area (Å²) in [6.07, 6.45) is 9.98. The average Bonchev–Trinajstić information content (AvgIpc) is 3.44. The second kappa shape index (κ2) is 12.7. The van der Waals surface area contributed by atoms with E-state index in [1.165, 1.54) is 45.0 Å². The summed E-state index contributed by atoms with van der Waals surface area (Å²) in [6, 6.07) is 35.2. The first-order valence-electron chi connectivity index (χ1n) is 14.3. The highest BCUT2D eigenvalue weighted by Crippen LogP contribution is 2.37. The Morgan fingerprint density at radius 1 is 0.659 bits per heavy atom. The minimum absolute atomic E-state index is 1.01. The molecule has 0 atom stereocenters. The number of benzene rings is 3. The van der Waals surface area contributed by atoms with Crippen molar-refractivity contribution in [3.05, 3.63) is 131 Å². The normalized spacial score (nSPS) is 11.7. The van der Waals surface area contributed by atoms with Gasteiger partial charge in [0.15, 0.2) is 18.9 Å². The van der Waals surface area contributed by atoms with Crippen LogP contribution < -0.4 is 9.47 Å². The quantitative estimate of drug-likeness (QED) is 0.122. The Kier molecular flexibility index (Phi) is 8.82. The van der Waals surface area contributed by atoms with Crippen molar-refractivity contribution in [2.75, 3.05) is 32.6 Å². The van der Waals surface area contributed by atoms with Crippen LogP contribution in [0.5, 0.6) is 0 Å². The molecule has 5 aromatic rings. The Morgan fingerprint density at radius 3 is 1.73 bits per heavy atom. The molecule has 0 aliphatic carbocycles. The third kappa shape index (κ3) is 7.81. The molecule has 0 saturated heterocycles. The molecular formula is C37H41N3S+2. The van der Waals surface area contributed by atoms with E-state index in [-0.39, 0.29) is 0 Å². The predicted molar refractivity (Wildman–Crippen MR) is 177 cm³/mol. The molecule has 0 bridgehead atoms. The summed E-state index contributed by atoms with van der Waals surface area (Å²) in [7, 11) is 6.74. The zero-order chi connectivity index (χ0) is 28.8. The third-order valence-corrected chi connectivity index (χ3v) is 8.32. The Hall–Kier alpha value is -3.99. The molecule has 5 rings (SSSR count). The molecule has 3 nitrogen and oxygen atoms in total. The summed E-state index contributed by atoms with van der Waals surface area (Å²) in [5.41, 5.74) is 8.45. The fraction of sp³-hybridized carbons (Fsp3) is 0.216. The maximum Gasteiger partial charge on any atom is 0.169 e. The number of pyridine rings is 1. The summed E-state index contributed by atoms with van der Waals surface area (Å²) in [5.74, 6) is 0. The van der Waals surface area contributed by atoms with E-state index in [1.54, 1.807) is 0 Å². The lowest BCUT2D eigenvalue weighted by molar-refractivity contribution is -0.873. The van der Waals surface area contributed by atoms with E-state index in [4.69, 9.17) is 0 Å². The molecule has 208 valence electrons. The molecular weight excluding hydrogens is 518 g/mol. The van der Waals surface area contributed by atoms with Crippen LogP contribution >= 0.6 is 11.3 Å². The van der Waals surface area contributed by atoms with E-state index in [9.17, 15) is 0 Å². The van der Waals surface area contributed by atoms with Gasteiger partial charge in [0.05, 0.1) is 34.1 Å². The van der Waals surface area contributed by atoms with Gasteiger partial charge in [-0.3, -0.25) is 0 Å². The standard InChI is InChI=1S/C37H41N3S/c1-29-7-14-33(15-8-29)39(34-16-9-30(2)10-17-34)35-18-12-32(13-19-35)37-22-21-36(41-37)20-11-31-23-26-38(27-24-31)25-6-28-40(3,4)5/h7-24,26-27H,6,25,28H2,1-5H3/q+2. The zero-order valence-electron chi connectivity index (χ0n) is 24.9. The number of hydrogen-bond donors (Lipinski definition) is 0. The van der Waals surface area contributed by atoms with Gasteiger partial charge in [-0.05, 0) is 79.6 Å². The lowest BCUT2D eigenvalue weighted by Crippen LogP contribution is -2.39. The van der Waals surface area contributed by atoms with Gasteiger partial charge in [0.1, 0.15) is 0 Å². The fourth-order valence-electron chi connectivity index (χ4n) is 4.84. The van der Waals surface area contributed by atoms with Gasteiger partial charge < -0.3 is 9.38 Å². The van der Waals surface area contributed by atoms with Gasteiger partial charge in [-0.1, -0.05) is 53.6 Å². The Bertz CT molecular complexity index is 1530. The summed E-state index contributed by atoms with van der Waals surface area (Å²) in [6.45, 7) is 6.49. The van der Waals surface area contributed by atoms with Crippen molar-refractivity contribution >= 4 is 40.6 Å². The molecule has 2 aromatic heterocycles. The van der Waals surface area contributed by atoms with E-state index in [0.29, 0.717) is 0 Å². The molecule has 0 fully saturated rings. The first kappa shape index (κ1) is 28.5. The first-order valence-corrected chi connectivity index (χ1v) is 15.2. The number of thiophene rings is 1. The summed E-state index contributed by atoms with van der Waals surface area (Å²) < 4.78 is 3.28. The van der Waals surface area contributed by atoms with Crippen molar-refractivity contribution in [1.29, 1.82) is 0 Å². The monoisotopic (exact) mass is 559 g/mol. The molecule has 0 unspecified atom stereocenters. The second-order valence-electron chi connectivity index (χ2n) is 11.8. The molecule has 3 aromatic carbocycles. The lowest BCUT2D eigenvalue weighted by Gasteiger charge is -2.26. The minimum Gasteiger partial charge on any atom is -0.331 e. The van der Waals surface area contributed by atoms with E-state index in [1.807, 2.05) is 11.3 Å². The Labute approximate surface area is 249 Å². The van der Waals surface area contributed by atoms with Crippen LogP contribution in [-0.4, -0.2) is 32.2 Å². The SMILES string of the molecule is Cc1ccc(N(c2ccc(C)cc2)c2ccc(-c3ccc(/C=C/c4cc[n+](CCC[N+](C)(C)C)cc4)s3)cc2)cc1. The highest BCUT2D eigenvalue weighted by atomic mass is 32.1. The minimum atomic E-state index is 1.01. The lowest BCUT2D eigenvalue weighted by atomic mass is 10.1. The summed E-state index contributed by atoms with van der Waals surface area (Å²) in [5, 5.41) is 0. The van der Waals surface area contributed by atoms with Crippen molar-refractivity contribution < 1.29 is 9.05 Å². The van der Waals surface area contributed by atoms with Gasteiger partial charge in [0.25, 0.3) is 0 Å². The smallest absolute Gasteiger partial charge is 0.169 e. The van der Waals surface area contributed by atoms with Crippen LogP contribution in [0.2, 0.25) is 0 Å². The molecule has 0 N–H and O–H groups in total. The molecule has 0 saturated carbocycles. The van der Waals surface area contributed by atoms with Crippen LogP contribution in [0.4, 0.5) is 17.1 Å². The maximum atomic E-state index is 2.32. The fourth-order valence-corrected chi connectivity index (χ4v) is 5.76. The number of nitrogens with zero attached hydrogens (tertiary/aromatic N) is 3. The van der Waals surface area contributed by atoms with Crippen molar-refractivity contribution in [2.24, 2.45) is 0 Å². The Morgan fingerprint density at radius 2 is 1.20 bits per heavy atom. The molecule has 0 aliphatic heterocycles. The molecule has 4 heteroatoms. The largest absolute Gasteiger partial charge is 0.331 e. The van der Waals surface area contributed by atoms with E-state index < -0.39 is 0 Å². The van der Waals surface area contributed by atoms with Crippen molar-refractivity contribution in [2.45, 2.75) is 26.8 Å². The molecule has 2 heterocycles. The van der Waals surface area contributed by atoms with Crippen molar-refractivity contribution in [3.8, 4) is 10.4 Å². The zero-order valence-corrected chi connectivity index (χ0v) is 25.7. The summed E-state index contributed by atoms with van der Waals surface area (Å²) in [4.78, 5) is 4.85. The second-order valence-corrected chi connectivity index (χ2v) is 12.9. The van der Waals surface area contributed by atoms with Gasteiger partial charge in [-0.25, -0.2) is 4.57 Å². The van der Waals surface area contributed by atoms with Crippen LogP contribution in [0.3, 0.4) is 0 Å². The van der Waals surface area contributed by atoms with E-state index in [0.717, 1.165) is 28.1 Å². The number of aromatic nitrogens is 1. The Balaban J connectivity index is 1.28. The molecule has 0 amide bonds. The number of hydrogen-bond acceptors (Lipinski definition) is 2. The predicted octanol–water partition coefficient (Wildman–Crippen LogP) is 9.06.